The number of rotatable bonds is 1. The quantitative estimate of drug-likeness (QED) is 0.603. The van der Waals surface area contributed by atoms with Gasteiger partial charge in [-0.05, 0) is 15.9 Å². The highest BCUT2D eigenvalue weighted by molar-refractivity contribution is 9.10. The largest absolute Gasteiger partial charge is 0.355 e. The van der Waals surface area contributed by atoms with Crippen molar-refractivity contribution in [1.29, 1.82) is 0 Å². The van der Waals surface area contributed by atoms with Crippen molar-refractivity contribution in [2.45, 2.75) is 0 Å². The Morgan fingerprint density at radius 1 is 1.75 bits per heavy atom. The number of nitrogens with one attached hydrogen (secondary N) is 1. The first-order chi connectivity index (χ1) is 5.65. The molecule has 0 fully saturated rings. The second-order valence-electron chi connectivity index (χ2n) is 1.92. The zero-order valence-corrected chi connectivity index (χ0v) is 8.48. The fourth-order valence-corrected chi connectivity index (χ4v) is 1.22. The number of carbonyl (C=O) groups is 1. The summed E-state index contributed by atoms with van der Waals surface area (Å²) in [6.07, 6.45) is 1.36. The average Bonchev–Trinajstić information content (AvgIpc) is 2.03. The van der Waals surface area contributed by atoms with E-state index >= 15 is 0 Å². The van der Waals surface area contributed by atoms with Gasteiger partial charge in [0, 0.05) is 13.2 Å². The lowest BCUT2D eigenvalue weighted by Gasteiger charge is -2.00. The smallest absolute Gasteiger partial charge is 0.255 e. The topological polar surface area (TPSA) is 54.9 Å². The summed E-state index contributed by atoms with van der Waals surface area (Å²) in [4.78, 5) is 18.6. The maximum atomic E-state index is 11.1. The Kier molecular flexibility index (Phi) is 2.99. The summed E-state index contributed by atoms with van der Waals surface area (Å²) >= 11 is 8.69. The van der Waals surface area contributed by atoms with Gasteiger partial charge in [-0.3, -0.25) is 4.79 Å². The van der Waals surface area contributed by atoms with Gasteiger partial charge in [0.05, 0.1) is 5.56 Å². The van der Waals surface area contributed by atoms with Crippen molar-refractivity contribution in [2.24, 2.45) is 0 Å². The summed E-state index contributed by atoms with van der Waals surface area (Å²) in [5.41, 5.74) is 0.266. The minimum absolute atomic E-state index is 0.135. The normalized spacial score (nSPS) is 9.58. The third-order valence-electron chi connectivity index (χ3n) is 1.18. The van der Waals surface area contributed by atoms with Gasteiger partial charge in [0.15, 0.2) is 4.73 Å². The molecule has 0 bridgehead atoms. The number of nitrogens with zero attached hydrogens (tertiary/aromatic N) is 2. The maximum Gasteiger partial charge on any atom is 0.255 e. The molecule has 0 aromatic carbocycles. The van der Waals surface area contributed by atoms with Crippen molar-refractivity contribution in [3.63, 3.8) is 0 Å². The van der Waals surface area contributed by atoms with Crippen LogP contribution in [-0.4, -0.2) is 22.9 Å². The average molecular weight is 250 g/mol. The van der Waals surface area contributed by atoms with E-state index in [0.29, 0.717) is 4.73 Å². The van der Waals surface area contributed by atoms with E-state index < -0.39 is 0 Å². The monoisotopic (exact) mass is 249 g/mol. The zero-order valence-electron chi connectivity index (χ0n) is 6.14. The Morgan fingerprint density at radius 3 is 2.92 bits per heavy atom. The lowest BCUT2D eigenvalue weighted by atomic mass is 10.3. The van der Waals surface area contributed by atoms with Crippen LogP contribution in [0.5, 0.6) is 0 Å². The minimum Gasteiger partial charge on any atom is -0.355 e. The van der Waals surface area contributed by atoms with E-state index in [1.165, 1.54) is 13.2 Å². The number of hydrogen-bond acceptors (Lipinski definition) is 3. The number of aromatic nitrogens is 2. The Bertz CT molecular complexity index is 318. The molecular weight excluding hydrogens is 245 g/mol. The molecule has 0 spiro atoms. The van der Waals surface area contributed by atoms with Gasteiger partial charge in [0.1, 0.15) is 5.15 Å². The highest BCUT2D eigenvalue weighted by atomic mass is 79.9. The predicted octanol–water partition coefficient (Wildman–Crippen LogP) is 1.25. The third-order valence-corrected chi connectivity index (χ3v) is 1.85. The van der Waals surface area contributed by atoms with E-state index in [-0.39, 0.29) is 16.6 Å². The second-order valence-corrected chi connectivity index (χ2v) is 2.99. The first kappa shape index (κ1) is 9.41. The molecule has 1 heterocycles. The highest BCUT2D eigenvalue weighted by Crippen LogP contribution is 2.13. The van der Waals surface area contributed by atoms with Crippen molar-refractivity contribution < 1.29 is 4.79 Å². The Morgan fingerprint density at radius 2 is 2.42 bits per heavy atom. The molecule has 64 valence electrons. The van der Waals surface area contributed by atoms with Crippen molar-refractivity contribution in [3.8, 4) is 0 Å². The highest BCUT2D eigenvalue weighted by Gasteiger charge is 2.10. The molecule has 12 heavy (non-hydrogen) atoms. The Balaban J connectivity index is 3.09. The van der Waals surface area contributed by atoms with Crippen LogP contribution >= 0.6 is 27.5 Å². The summed E-state index contributed by atoms with van der Waals surface area (Å²) in [6.45, 7) is 0. The fourth-order valence-electron chi connectivity index (χ4n) is 0.628. The molecule has 0 unspecified atom stereocenters. The first-order valence-corrected chi connectivity index (χ1v) is 4.22. The van der Waals surface area contributed by atoms with Crippen molar-refractivity contribution in [1.82, 2.24) is 15.3 Å². The van der Waals surface area contributed by atoms with Crippen LogP contribution in [0.25, 0.3) is 0 Å². The summed E-state index contributed by atoms with van der Waals surface area (Å²) < 4.78 is 0.361. The molecule has 1 amide bonds. The molecule has 0 aliphatic heterocycles. The molecule has 4 nitrogen and oxygen atoms in total. The van der Waals surface area contributed by atoms with Gasteiger partial charge < -0.3 is 5.32 Å². The molecule has 0 aliphatic rings. The van der Waals surface area contributed by atoms with E-state index in [4.69, 9.17) is 11.6 Å². The van der Waals surface area contributed by atoms with Crippen LogP contribution in [0.1, 0.15) is 10.4 Å². The van der Waals surface area contributed by atoms with Crippen LogP contribution in [0.3, 0.4) is 0 Å². The van der Waals surface area contributed by atoms with Crippen molar-refractivity contribution in [2.75, 3.05) is 7.05 Å². The van der Waals surface area contributed by atoms with Crippen molar-refractivity contribution in [3.05, 3.63) is 21.6 Å². The molecule has 6 heteroatoms. The molecular formula is C6H5BrClN3O. The fraction of sp³-hybridized carbons (Fsp3) is 0.167. The van der Waals surface area contributed by atoms with Crippen LogP contribution in [-0.2, 0) is 0 Å². The van der Waals surface area contributed by atoms with Crippen LogP contribution in [0.15, 0.2) is 10.9 Å². The molecule has 1 aromatic heterocycles. The standard InChI is InChI=1S/C6H5BrClN3O/c1-9-5(12)3-2-10-6(7)11-4(3)8/h2H,1H3,(H,9,12). The van der Waals surface area contributed by atoms with E-state index in [1.54, 1.807) is 0 Å². The molecule has 0 radical (unpaired) electrons. The summed E-state index contributed by atoms with van der Waals surface area (Å²) in [6, 6.07) is 0. The van der Waals surface area contributed by atoms with Gasteiger partial charge in [-0.2, -0.15) is 0 Å². The number of hydrogen-bond donors (Lipinski definition) is 1. The lowest BCUT2D eigenvalue weighted by Crippen LogP contribution is -2.18. The third kappa shape index (κ3) is 1.92. The molecule has 1 N–H and O–H groups in total. The van der Waals surface area contributed by atoms with Crippen LogP contribution < -0.4 is 5.32 Å². The van der Waals surface area contributed by atoms with Gasteiger partial charge in [-0.1, -0.05) is 11.6 Å². The van der Waals surface area contributed by atoms with Gasteiger partial charge in [-0.25, -0.2) is 9.97 Å². The van der Waals surface area contributed by atoms with Gasteiger partial charge in [0.25, 0.3) is 5.91 Å². The van der Waals surface area contributed by atoms with E-state index in [9.17, 15) is 4.79 Å². The summed E-state index contributed by atoms with van der Waals surface area (Å²) in [5.74, 6) is -0.299. The molecule has 1 aromatic rings. The second kappa shape index (κ2) is 3.82. The van der Waals surface area contributed by atoms with E-state index in [0.717, 1.165) is 0 Å². The molecule has 0 saturated heterocycles. The number of halogens is 2. The van der Waals surface area contributed by atoms with E-state index in [2.05, 4.69) is 31.2 Å². The maximum absolute atomic E-state index is 11.1. The SMILES string of the molecule is CNC(=O)c1cnc(Br)nc1Cl. The van der Waals surface area contributed by atoms with Crippen LogP contribution in [0.2, 0.25) is 5.15 Å². The minimum atomic E-state index is -0.299. The van der Waals surface area contributed by atoms with E-state index in [1.807, 2.05) is 0 Å². The van der Waals surface area contributed by atoms with Gasteiger partial charge in [0.2, 0.25) is 0 Å². The van der Waals surface area contributed by atoms with Crippen molar-refractivity contribution >= 4 is 33.4 Å². The predicted molar refractivity (Wildman–Crippen MR) is 48.1 cm³/mol. The molecule has 1 rings (SSSR count). The number of amides is 1. The van der Waals surface area contributed by atoms with Gasteiger partial charge in [-0.15, -0.1) is 0 Å². The Hall–Kier alpha value is -0.680. The molecule has 0 atom stereocenters. The zero-order chi connectivity index (χ0) is 9.14. The van der Waals surface area contributed by atoms with Crippen LogP contribution in [0.4, 0.5) is 0 Å². The first-order valence-electron chi connectivity index (χ1n) is 3.05. The van der Waals surface area contributed by atoms with Crippen LogP contribution in [0, 0.1) is 0 Å². The molecule has 0 saturated carbocycles. The summed E-state index contributed by atoms with van der Waals surface area (Å²) in [5, 5.41) is 2.56. The lowest BCUT2D eigenvalue weighted by molar-refractivity contribution is 0.0962. The van der Waals surface area contributed by atoms with Gasteiger partial charge >= 0.3 is 0 Å². The summed E-state index contributed by atoms with van der Waals surface area (Å²) in [7, 11) is 1.51. The Labute approximate surface area is 82.5 Å². The number of carbonyl (C=O) groups excluding carboxylic acids is 1. The molecule has 0 aliphatic carbocycles.